The molecule has 1 aliphatic heterocycles. The van der Waals surface area contributed by atoms with Gasteiger partial charge in [-0.1, -0.05) is 27.2 Å². The van der Waals surface area contributed by atoms with Crippen molar-refractivity contribution in [1.82, 2.24) is 10.3 Å². The molecule has 0 aromatic heterocycles. The van der Waals surface area contributed by atoms with Gasteiger partial charge in [0.25, 0.3) is 0 Å². The van der Waals surface area contributed by atoms with Gasteiger partial charge in [0.1, 0.15) is 0 Å². The summed E-state index contributed by atoms with van der Waals surface area (Å²) in [6.45, 7) is 9.71. The van der Waals surface area contributed by atoms with E-state index in [4.69, 9.17) is 5.84 Å². The second-order valence-electron chi connectivity index (χ2n) is 5.04. The standard InChI is InChI=1S/C11H24N4/c1-4-5-7-13-10(14-12)15-8-6-11(2,3)9-15/h4-9,12H2,1-3H3,(H,13,14). The molecule has 0 saturated carbocycles. The summed E-state index contributed by atoms with van der Waals surface area (Å²) in [6.07, 6.45) is 3.51. The predicted octanol–water partition coefficient (Wildman–Crippen LogP) is 1.34. The van der Waals surface area contributed by atoms with Gasteiger partial charge in [-0.25, -0.2) is 5.84 Å². The predicted molar refractivity (Wildman–Crippen MR) is 64.5 cm³/mol. The van der Waals surface area contributed by atoms with Crippen LogP contribution in [-0.4, -0.2) is 30.5 Å². The van der Waals surface area contributed by atoms with Gasteiger partial charge < -0.3 is 4.90 Å². The van der Waals surface area contributed by atoms with Crippen molar-refractivity contribution in [3.8, 4) is 0 Å². The van der Waals surface area contributed by atoms with E-state index in [1.165, 1.54) is 12.8 Å². The van der Waals surface area contributed by atoms with Gasteiger partial charge in [0.2, 0.25) is 5.96 Å². The summed E-state index contributed by atoms with van der Waals surface area (Å²) >= 11 is 0. The third-order valence-corrected chi connectivity index (χ3v) is 2.88. The van der Waals surface area contributed by atoms with Crippen LogP contribution < -0.4 is 11.3 Å². The number of guanidine groups is 1. The van der Waals surface area contributed by atoms with Gasteiger partial charge >= 0.3 is 0 Å². The van der Waals surface area contributed by atoms with E-state index in [-0.39, 0.29) is 0 Å². The largest absolute Gasteiger partial charge is 0.341 e. The van der Waals surface area contributed by atoms with Crippen LogP contribution in [0.5, 0.6) is 0 Å². The molecule has 0 radical (unpaired) electrons. The third-order valence-electron chi connectivity index (χ3n) is 2.88. The summed E-state index contributed by atoms with van der Waals surface area (Å²) in [4.78, 5) is 6.73. The Hall–Kier alpha value is -0.770. The van der Waals surface area contributed by atoms with E-state index < -0.39 is 0 Å². The minimum absolute atomic E-state index is 0.391. The molecule has 1 aliphatic rings. The third kappa shape index (κ3) is 3.70. The Kier molecular flexibility index (Phi) is 4.39. The van der Waals surface area contributed by atoms with Crippen molar-refractivity contribution in [3.63, 3.8) is 0 Å². The summed E-state index contributed by atoms with van der Waals surface area (Å²) in [7, 11) is 0. The molecule has 88 valence electrons. The fourth-order valence-corrected chi connectivity index (χ4v) is 1.87. The highest BCUT2D eigenvalue weighted by Gasteiger charge is 2.30. The molecule has 1 rings (SSSR count). The van der Waals surface area contributed by atoms with Crippen LogP contribution in [0.2, 0.25) is 0 Å². The number of nitrogens with zero attached hydrogens (tertiary/aromatic N) is 2. The van der Waals surface area contributed by atoms with Gasteiger partial charge in [-0.15, -0.1) is 0 Å². The van der Waals surface area contributed by atoms with Gasteiger partial charge in [0, 0.05) is 19.6 Å². The topological polar surface area (TPSA) is 53.6 Å². The van der Waals surface area contributed by atoms with Crippen molar-refractivity contribution in [3.05, 3.63) is 0 Å². The van der Waals surface area contributed by atoms with Crippen molar-refractivity contribution in [1.29, 1.82) is 0 Å². The first-order valence-corrected chi connectivity index (χ1v) is 5.85. The van der Waals surface area contributed by atoms with Crippen LogP contribution in [0.15, 0.2) is 4.99 Å². The number of rotatable bonds is 3. The summed E-state index contributed by atoms with van der Waals surface area (Å²) in [5.41, 5.74) is 3.11. The van der Waals surface area contributed by atoms with Crippen molar-refractivity contribution in [2.75, 3.05) is 19.6 Å². The average molecular weight is 212 g/mol. The maximum Gasteiger partial charge on any atom is 0.208 e. The molecule has 1 heterocycles. The number of unbranched alkanes of at least 4 members (excludes halogenated alkanes) is 1. The summed E-state index contributed by atoms with van der Waals surface area (Å²) < 4.78 is 0. The van der Waals surface area contributed by atoms with Crippen LogP contribution in [0.4, 0.5) is 0 Å². The smallest absolute Gasteiger partial charge is 0.208 e. The first kappa shape index (κ1) is 12.3. The zero-order valence-electron chi connectivity index (χ0n) is 10.2. The molecule has 0 aromatic rings. The van der Waals surface area contributed by atoms with Crippen LogP contribution >= 0.6 is 0 Å². The molecule has 0 amide bonds. The van der Waals surface area contributed by atoms with E-state index in [2.05, 4.69) is 36.1 Å². The van der Waals surface area contributed by atoms with E-state index in [9.17, 15) is 0 Å². The number of hydrogen-bond acceptors (Lipinski definition) is 2. The molecule has 3 N–H and O–H groups in total. The fourth-order valence-electron chi connectivity index (χ4n) is 1.87. The second-order valence-corrected chi connectivity index (χ2v) is 5.04. The Morgan fingerprint density at radius 2 is 2.27 bits per heavy atom. The Labute approximate surface area is 92.9 Å². The van der Waals surface area contributed by atoms with E-state index in [1.807, 2.05) is 0 Å². The molecule has 4 nitrogen and oxygen atoms in total. The van der Waals surface area contributed by atoms with Gasteiger partial charge in [-0.3, -0.25) is 10.4 Å². The van der Waals surface area contributed by atoms with E-state index >= 15 is 0 Å². The van der Waals surface area contributed by atoms with Crippen molar-refractivity contribution >= 4 is 5.96 Å². The van der Waals surface area contributed by atoms with Crippen LogP contribution in [0.25, 0.3) is 0 Å². The van der Waals surface area contributed by atoms with Crippen LogP contribution in [0.3, 0.4) is 0 Å². The molecule has 1 fully saturated rings. The van der Waals surface area contributed by atoms with Crippen LogP contribution in [0.1, 0.15) is 40.0 Å². The van der Waals surface area contributed by atoms with Gasteiger partial charge in [-0.2, -0.15) is 0 Å². The quantitative estimate of drug-likeness (QED) is 0.244. The molecule has 1 saturated heterocycles. The Bertz CT molecular complexity index is 223. The lowest BCUT2D eigenvalue weighted by Gasteiger charge is -2.22. The zero-order chi connectivity index (χ0) is 11.3. The second kappa shape index (κ2) is 5.35. The average Bonchev–Trinajstić information content (AvgIpc) is 2.54. The lowest BCUT2D eigenvalue weighted by Crippen LogP contribution is -2.44. The molecule has 4 heteroatoms. The van der Waals surface area contributed by atoms with E-state index in [1.54, 1.807) is 0 Å². The first-order chi connectivity index (χ1) is 7.09. The van der Waals surface area contributed by atoms with Crippen molar-refractivity contribution < 1.29 is 0 Å². The first-order valence-electron chi connectivity index (χ1n) is 5.85. The van der Waals surface area contributed by atoms with Gasteiger partial charge in [0.05, 0.1) is 0 Å². The molecular weight excluding hydrogens is 188 g/mol. The number of hydrazine groups is 1. The summed E-state index contributed by atoms with van der Waals surface area (Å²) in [5.74, 6) is 6.36. The molecule has 0 atom stereocenters. The fraction of sp³-hybridized carbons (Fsp3) is 0.909. The molecule has 0 aromatic carbocycles. The lowest BCUT2D eigenvalue weighted by molar-refractivity contribution is 0.370. The SMILES string of the molecule is CCCCN=C(NN)N1CCC(C)(C)C1. The lowest BCUT2D eigenvalue weighted by atomic mass is 9.93. The van der Waals surface area contributed by atoms with Crippen molar-refractivity contribution in [2.24, 2.45) is 16.3 Å². The molecule has 0 spiro atoms. The maximum atomic E-state index is 5.50. The Morgan fingerprint density at radius 3 is 2.73 bits per heavy atom. The Balaban J connectivity index is 2.49. The van der Waals surface area contributed by atoms with Gasteiger partial charge in [-0.05, 0) is 18.3 Å². The normalized spacial score (nSPS) is 20.8. The number of likely N-dealkylation sites (tertiary alicyclic amines) is 1. The number of hydrogen-bond donors (Lipinski definition) is 2. The number of nitrogens with one attached hydrogen (secondary N) is 1. The highest BCUT2D eigenvalue weighted by molar-refractivity contribution is 5.79. The molecule has 15 heavy (non-hydrogen) atoms. The van der Waals surface area contributed by atoms with E-state index in [0.717, 1.165) is 32.0 Å². The van der Waals surface area contributed by atoms with Crippen LogP contribution in [0, 0.1) is 5.41 Å². The highest BCUT2D eigenvalue weighted by Crippen LogP contribution is 2.28. The molecular formula is C11H24N4. The summed E-state index contributed by atoms with van der Waals surface area (Å²) in [6, 6.07) is 0. The minimum Gasteiger partial charge on any atom is -0.341 e. The minimum atomic E-state index is 0.391. The van der Waals surface area contributed by atoms with Crippen LogP contribution in [-0.2, 0) is 0 Å². The zero-order valence-corrected chi connectivity index (χ0v) is 10.2. The number of aliphatic imine (C=N–C) groups is 1. The molecule has 0 bridgehead atoms. The highest BCUT2D eigenvalue weighted by atomic mass is 15.4. The van der Waals surface area contributed by atoms with E-state index in [0.29, 0.717) is 5.41 Å². The maximum absolute atomic E-state index is 5.50. The molecule has 0 aliphatic carbocycles. The number of nitrogens with two attached hydrogens (primary N) is 1. The van der Waals surface area contributed by atoms with Gasteiger partial charge in [0.15, 0.2) is 0 Å². The van der Waals surface area contributed by atoms with Crippen molar-refractivity contribution in [2.45, 2.75) is 40.0 Å². The molecule has 0 unspecified atom stereocenters. The monoisotopic (exact) mass is 212 g/mol. The summed E-state index contributed by atoms with van der Waals surface area (Å²) in [5, 5.41) is 0. The Morgan fingerprint density at radius 1 is 1.53 bits per heavy atom.